The fourth-order valence-electron chi connectivity index (χ4n) is 2.60. The van der Waals surface area contributed by atoms with Crippen LogP contribution in [0.25, 0.3) is 0 Å². The number of rotatable bonds is 4. The van der Waals surface area contributed by atoms with Gasteiger partial charge in [0, 0.05) is 32.7 Å². The van der Waals surface area contributed by atoms with Crippen molar-refractivity contribution in [1.82, 2.24) is 14.5 Å². The van der Waals surface area contributed by atoms with Gasteiger partial charge in [-0.15, -0.1) is 0 Å². The van der Waals surface area contributed by atoms with Crippen molar-refractivity contribution in [1.29, 1.82) is 0 Å². The van der Waals surface area contributed by atoms with Gasteiger partial charge in [-0.2, -0.15) is 4.31 Å². The minimum Gasteiger partial charge on any atom is -0.363 e. The summed E-state index contributed by atoms with van der Waals surface area (Å²) in [6, 6.07) is 5.55. The first-order valence-corrected chi connectivity index (χ1v) is 9.81. The lowest BCUT2D eigenvalue weighted by Crippen LogP contribution is -2.53. The minimum absolute atomic E-state index is 0.414. The van der Waals surface area contributed by atoms with E-state index in [-0.39, 0.29) is 0 Å². The second kappa shape index (κ2) is 7.59. The maximum Gasteiger partial charge on any atom is 0.243 e. The van der Waals surface area contributed by atoms with E-state index < -0.39 is 10.0 Å². The molecular weight excluding hydrogens is 330 g/mol. The molecule has 7 heteroatoms. The number of nitrogens with one attached hydrogen (secondary N) is 1. The van der Waals surface area contributed by atoms with E-state index in [2.05, 4.69) is 12.2 Å². The highest BCUT2D eigenvalue weighted by Gasteiger charge is 2.30. The highest BCUT2D eigenvalue weighted by Crippen LogP contribution is 2.22. The Hall–Kier alpha value is -1.18. The van der Waals surface area contributed by atoms with Crippen LogP contribution in [0.2, 0.25) is 0 Å². The monoisotopic (exact) mass is 355 g/mol. The Morgan fingerprint density at radius 1 is 1.22 bits per heavy atom. The van der Waals surface area contributed by atoms with Crippen molar-refractivity contribution in [3.05, 3.63) is 29.3 Å². The third-order valence-corrected chi connectivity index (χ3v) is 6.46. The van der Waals surface area contributed by atoms with Gasteiger partial charge >= 0.3 is 0 Å². The zero-order chi connectivity index (χ0) is 17.0. The molecule has 128 valence electrons. The van der Waals surface area contributed by atoms with Crippen LogP contribution in [-0.4, -0.2) is 55.5 Å². The van der Waals surface area contributed by atoms with Crippen LogP contribution in [0.15, 0.2) is 23.1 Å². The molecule has 5 nitrogen and oxygen atoms in total. The topological polar surface area (TPSA) is 52.6 Å². The van der Waals surface area contributed by atoms with E-state index in [1.807, 2.05) is 30.9 Å². The van der Waals surface area contributed by atoms with Crippen LogP contribution in [-0.2, 0) is 10.0 Å². The van der Waals surface area contributed by atoms with E-state index in [4.69, 9.17) is 12.2 Å². The van der Waals surface area contributed by atoms with Crippen LogP contribution in [0.3, 0.4) is 0 Å². The first kappa shape index (κ1) is 18.2. The van der Waals surface area contributed by atoms with Crippen LogP contribution in [0, 0.1) is 13.8 Å². The molecule has 0 bridgehead atoms. The molecular formula is C16H25N3O2S2. The summed E-state index contributed by atoms with van der Waals surface area (Å²) in [4.78, 5) is 2.46. The van der Waals surface area contributed by atoms with Crippen molar-refractivity contribution in [3.63, 3.8) is 0 Å². The van der Waals surface area contributed by atoms with Crippen molar-refractivity contribution < 1.29 is 8.42 Å². The third-order valence-electron chi connectivity index (χ3n) is 4.01. The normalized spacial score (nSPS) is 16.4. The molecule has 1 aliphatic heterocycles. The largest absolute Gasteiger partial charge is 0.363 e. The number of hydrogen-bond donors (Lipinski definition) is 1. The molecule has 0 aromatic heterocycles. The first-order chi connectivity index (χ1) is 10.9. The molecule has 0 saturated carbocycles. The number of piperazine rings is 1. The Bertz CT molecular complexity index is 666. The molecule has 0 radical (unpaired) electrons. The summed E-state index contributed by atoms with van der Waals surface area (Å²) in [6.07, 6.45) is 1.01. The number of benzene rings is 1. The van der Waals surface area contributed by atoms with Gasteiger partial charge in [-0.05, 0) is 49.7 Å². The molecule has 23 heavy (non-hydrogen) atoms. The van der Waals surface area contributed by atoms with Gasteiger partial charge in [0.2, 0.25) is 10.0 Å². The molecule has 1 heterocycles. The smallest absolute Gasteiger partial charge is 0.243 e. The predicted octanol–water partition coefficient (Wildman–Crippen LogP) is 1.89. The van der Waals surface area contributed by atoms with E-state index in [0.717, 1.165) is 29.2 Å². The van der Waals surface area contributed by atoms with E-state index in [9.17, 15) is 8.42 Å². The number of aryl methyl sites for hydroxylation is 2. The molecule has 0 atom stereocenters. The Balaban J connectivity index is 2.07. The van der Waals surface area contributed by atoms with Crippen molar-refractivity contribution in [2.75, 3.05) is 32.7 Å². The summed E-state index contributed by atoms with van der Waals surface area (Å²) in [5.41, 5.74) is 1.75. The van der Waals surface area contributed by atoms with Gasteiger partial charge in [0.15, 0.2) is 5.11 Å². The lowest BCUT2D eigenvalue weighted by atomic mass is 10.2. The Morgan fingerprint density at radius 3 is 2.48 bits per heavy atom. The number of thiocarbonyl (C=S) groups is 1. The number of nitrogens with zero attached hydrogens (tertiary/aromatic N) is 2. The molecule has 0 spiro atoms. The molecule has 1 aliphatic rings. The summed E-state index contributed by atoms with van der Waals surface area (Å²) < 4.78 is 27.3. The summed E-state index contributed by atoms with van der Waals surface area (Å²) >= 11 is 5.35. The molecule has 1 saturated heterocycles. The molecule has 1 N–H and O–H groups in total. The standard InChI is InChI=1S/C16H25N3O2S2/c1-4-7-17-16(22)18-8-10-19(11-9-18)23(20,21)15-12-13(2)5-6-14(15)3/h5-6,12H,4,7-11H2,1-3H3,(H,17,22). The maximum absolute atomic E-state index is 12.9. The fraction of sp³-hybridized carbons (Fsp3) is 0.562. The maximum atomic E-state index is 12.9. The van der Waals surface area contributed by atoms with Crippen molar-refractivity contribution in [2.24, 2.45) is 0 Å². The van der Waals surface area contributed by atoms with Gasteiger partial charge in [-0.1, -0.05) is 19.1 Å². The van der Waals surface area contributed by atoms with Gasteiger partial charge in [-0.3, -0.25) is 0 Å². The molecule has 0 aliphatic carbocycles. The second-order valence-electron chi connectivity index (χ2n) is 5.89. The molecule has 2 rings (SSSR count). The summed E-state index contributed by atoms with van der Waals surface area (Å²) in [7, 11) is -3.44. The Kier molecular flexibility index (Phi) is 6.00. The first-order valence-electron chi connectivity index (χ1n) is 7.96. The number of hydrogen-bond acceptors (Lipinski definition) is 3. The summed E-state index contributed by atoms with van der Waals surface area (Å²) in [5, 5.41) is 3.91. The molecule has 0 unspecified atom stereocenters. The lowest BCUT2D eigenvalue weighted by Gasteiger charge is -2.35. The number of sulfonamides is 1. The van der Waals surface area contributed by atoms with E-state index in [0.29, 0.717) is 31.1 Å². The van der Waals surface area contributed by atoms with Gasteiger partial charge in [0.05, 0.1) is 4.90 Å². The fourth-order valence-corrected chi connectivity index (χ4v) is 4.62. The van der Waals surface area contributed by atoms with E-state index in [1.54, 1.807) is 10.4 Å². The van der Waals surface area contributed by atoms with Gasteiger partial charge in [0.1, 0.15) is 0 Å². The highest BCUT2D eigenvalue weighted by atomic mass is 32.2. The molecule has 1 aromatic carbocycles. The van der Waals surface area contributed by atoms with Gasteiger partial charge in [-0.25, -0.2) is 8.42 Å². The highest BCUT2D eigenvalue weighted by molar-refractivity contribution is 7.89. The average Bonchev–Trinajstić information content (AvgIpc) is 2.54. The Morgan fingerprint density at radius 2 is 1.87 bits per heavy atom. The van der Waals surface area contributed by atoms with Crippen LogP contribution in [0.1, 0.15) is 24.5 Å². The van der Waals surface area contributed by atoms with Crippen LogP contribution in [0.4, 0.5) is 0 Å². The van der Waals surface area contributed by atoms with Crippen LogP contribution >= 0.6 is 12.2 Å². The average molecular weight is 356 g/mol. The van der Waals surface area contributed by atoms with E-state index in [1.165, 1.54) is 0 Å². The zero-order valence-electron chi connectivity index (χ0n) is 14.0. The van der Waals surface area contributed by atoms with Crippen LogP contribution < -0.4 is 5.32 Å². The molecule has 1 fully saturated rings. The lowest BCUT2D eigenvalue weighted by molar-refractivity contribution is 0.264. The van der Waals surface area contributed by atoms with Gasteiger partial charge < -0.3 is 10.2 Å². The van der Waals surface area contributed by atoms with Crippen LogP contribution in [0.5, 0.6) is 0 Å². The van der Waals surface area contributed by atoms with Gasteiger partial charge in [0.25, 0.3) is 0 Å². The SMILES string of the molecule is CCCNC(=S)N1CCN(S(=O)(=O)c2cc(C)ccc2C)CC1. The summed E-state index contributed by atoms with van der Waals surface area (Å²) in [6.45, 7) is 8.86. The predicted molar refractivity (Wildman–Crippen MR) is 97.1 cm³/mol. The minimum atomic E-state index is -3.44. The quantitative estimate of drug-likeness (QED) is 0.836. The van der Waals surface area contributed by atoms with Crippen molar-refractivity contribution >= 4 is 27.4 Å². The third kappa shape index (κ3) is 4.22. The summed E-state index contributed by atoms with van der Waals surface area (Å²) in [5.74, 6) is 0. The van der Waals surface area contributed by atoms with E-state index >= 15 is 0 Å². The van der Waals surface area contributed by atoms with Crippen molar-refractivity contribution in [3.8, 4) is 0 Å². The zero-order valence-corrected chi connectivity index (χ0v) is 15.6. The molecule has 0 amide bonds. The van der Waals surface area contributed by atoms with Crippen molar-refractivity contribution in [2.45, 2.75) is 32.1 Å². The second-order valence-corrected chi connectivity index (χ2v) is 8.19. The Labute approximate surface area is 144 Å². The molecule has 1 aromatic rings.